The normalized spacial score (nSPS) is 9.44. The van der Waals surface area contributed by atoms with Gasteiger partial charge in [0.05, 0.1) is 6.61 Å². The van der Waals surface area contributed by atoms with Crippen molar-refractivity contribution in [2.45, 2.75) is 6.61 Å². The molecule has 1 rings (SSSR count). The van der Waals surface area contributed by atoms with Gasteiger partial charge in [0.2, 0.25) is 0 Å². The van der Waals surface area contributed by atoms with Crippen molar-refractivity contribution >= 4 is 0 Å². The van der Waals surface area contributed by atoms with Crippen molar-refractivity contribution in [3.05, 3.63) is 29.8 Å². The molecule has 2 heteroatoms. The molecule has 0 aliphatic rings. The number of aliphatic hydroxyl groups excluding tert-OH is 1. The molecule has 0 aliphatic carbocycles. The zero-order valence-electron chi connectivity index (χ0n) is 4.87. The molecular formula is C7H7O2-. The summed E-state index contributed by atoms with van der Waals surface area (Å²) in [5, 5.41) is 19.1. The summed E-state index contributed by atoms with van der Waals surface area (Å²) in [6.07, 6.45) is 0. The maximum Gasteiger partial charge on any atom is 0.0681 e. The summed E-state index contributed by atoms with van der Waals surface area (Å²) in [4.78, 5) is 0. The van der Waals surface area contributed by atoms with E-state index in [0.29, 0.717) is 5.56 Å². The van der Waals surface area contributed by atoms with Crippen molar-refractivity contribution in [2.24, 2.45) is 0 Å². The van der Waals surface area contributed by atoms with E-state index in [1.54, 1.807) is 12.1 Å². The predicted octanol–water partition coefficient (Wildman–Crippen LogP) is 0.252. The quantitative estimate of drug-likeness (QED) is 0.581. The Morgan fingerprint density at radius 1 is 1.44 bits per heavy atom. The van der Waals surface area contributed by atoms with Crippen LogP contribution in [-0.2, 0) is 6.61 Å². The minimum Gasteiger partial charge on any atom is -0.872 e. The van der Waals surface area contributed by atoms with Gasteiger partial charge < -0.3 is 10.2 Å². The van der Waals surface area contributed by atoms with E-state index < -0.39 is 0 Å². The van der Waals surface area contributed by atoms with E-state index in [-0.39, 0.29) is 12.4 Å². The largest absolute Gasteiger partial charge is 0.872 e. The zero-order chi connectivity index (χ0) is 6.69. The summed E-state index contributed by atoms with van der Waals surface area (Å²) in [5.74, 6) is -0.0541. The average Bonchev–Trinajstić information content (AvgIpc) is 1.88. The highest BCUT2D eigenvalue weighted by Gasteiger charge is 1.83. The minimum atomic E-state index is -0.0594. The first-order valence-corrected chi connectivity index (χ1v) is 2.70. The Hall–Kier alpha value is -1.02. The van der Waals surface area contributed by atoms with Crippen LogP contribution in [0.25, 0.3) is 0 Å². The lowest BCUT2D eigenvalue weighted by atomic mass is 10.2. The van der Waals surface area contributed by atoms with Crippen LogP contribution in [0.3, 0.4) is 0 Å². The number of benzene rings is 1. The smallest absolute Gasteiger partial charge is 0.0681 e. The molecular weight excluding hydrogens is 116 g/mol. The van der Waals surface area contributed by atoms with Gasteiger partial charge in [0.15, 0.2) is 0 Å². The molecule has 0 aromatic heterocycles. The van der Waals surface area contributed by atoms with Crippen LogP contribution >= 0.6 is 0 Å². The predicted molar refractivity (Wildman–Crippen MR) is 31.8 cm³/mol. The summed E-state index contributed by atoms with van der Waals surface area (Å²) in [7, 11) is 0. The first-order valence-electron chi connectivity index (χ1n) is 2.70. The van der Waals surface area contributed by atoms with E-state index in [4.69, 9.17) is 5.11 Å². The molecule has 1 aromatic rings. The van der Waals surface area contributed by atoms with Crippen LogP contribution in [0.4, 0.5) is 0 Å². The standard InChI is InChI=1S/C7H8O2/c8-5-6-2-1-3-7(9)4-6/h1-4,8-9H,5H2/p-1. The summed E-state index contributed by atoms with van der Waals surface area (Å²) >= 11 is 0. The van der Waals surface area contributed by atoms with Gasteiger partial charge in [0, 0.05) is 0 Å². The highest BCUT2D eigenvalue weighted by molar-refractivity contribution is 5.25. The Morgan fingerprint density at radius 2 is 2.22 bits per heavy atom. The third-order valence-corrected chi connectivity index (χ3v) is 1.08. The minimum absolute atomic E-state index is 0.0541. The van der Waals surface area contributed by atoms with Crippen LogP contribution in [-0.4, -0.2) is 5.11 Å². The number of hydrogen-bond donors (Lipinski definition) is 1. The SMILES string of the molecule is [O-]c1cccc(CO)c1. The van der Waals surface area contributed by atoms with E-state index >= 15 is 0 Å². The zero-order valence-corrected chi connectivity index (χ0v) is 4.87. The van der Waals surface area contributed by atoms with Gasteiger partial charge in [-0.1, -0.05) is 24.3 Å². The van der Waals surface area contributed by atoms with Crippen LogP contribution in [0.15, 0.2) is 24.3 Å². The van der Waals surface area contributed by atoms with Gasteiger partial charge in [-0.05, 0) is 5.56 Å². The number of rotatable bonds is 1. The molecule has 0 fully saturated rings. The highest BCUT2D eigenvalue weighted by atomic mass is 16.3. The Balaban J connectivity index is 2.94. The molecule has 0 bridgehead atoms. The number of aliphatic hydroxyl groups is 1. The van der Waals surface area contributed by atoms with E-state index in [9.17, 15) is 5.11 Å². The first kappa shape index (κ1) is 6.11. The van der Waals surface area contributed by atoms with Crippen LogP contribution in [0, 0.1) is 0 Å². The second-order valence-electron chi connectivity index (χ2n) is 1.81. The Bertz CT molecular complexity index is 196. The molecule has 0 unspecified atom stereocenters. The molecule has 0 spiro atoms. The molecule has 1 aromatic carbocycles. The van der Waals surface area contributed by atoms with E-state index in [1.165, 1.54) is 12.1 Å². The topological polar surface area (TPSA) is 43.3 Å². The van der Waals surface area contributed by atoms with Crippen LogP contribution < -0.4 is 5.11 Å². The summed E-state index contributed by atoms with van der Waals surface area (Å²) in [6.45, 7) is -0.0594. The molecule has 0 amide bonds. The lowest BCUT2D eigenvalue weighted by molar-refractivity contribution is -0.268. The lowest BCUT2D eigenvalue weighted by Gasteiger charge is -2.04. The van der Waals surface area contributed by atoms with E-state index in [0.717, 1.165) is 0 Å². The van der Waals surface area contributed by atoms with Gasteiger partial charge in [-0.25, -0.2) is 0 Å². The molecule has 0 atom stereocenters. The van der Waals surface area contributed by atoms with Crippen LogP contribution in [0.1, 0.15) is 5.56 Å². The Kier molecular flexibility index (Phi) is 1.70. The van der Waals surface area contributed by atoms with E-state index in [2.05, 4.69) is 0 Å². The van der Waals surface area contributed by atoms with Gasteiger partial charge in [-0.3, -0.25) is 0 Å². The van der Waals surface area contributed by atoms with E-state index in [1.807, 2.05) is 0 Å². The van der Waals surface area contributed by atoms with Gasteiger partial charge in [-0.2, -0.15) is 0 Å². The van der Waals surface area contributed by atoms with Crippen LogP contribution in [0.2, 0.25) is 0 Å². The van der Waals surface area contributed by atoms with Crippen molar-refractivity contribution in [3.63, 3.8) is 0 Å². The van der Waals surface area contributed by atoms with Crippen molar-refractivity contribution in [1.82, 2.24) is 0 Å². The molecule has 0 saturated carbocycles. The van der Waals surface area contributed by atoms with Gasteiger partial charge in [-0.15, -0.1) is 5.75 Å². The third kappa shape index (κ3) is 1.44. The Labute approximate surface area is 53.4 Å². The monoisotopic (exact) mass is 123 g/mol. The van der Waals surface area contributed by atoms with Crippen molar-refractivity contribution in [2.75, 3.05) is 0 Å². The average molecular weight is 123 g/mol. The molecule has 0 aliphatic heterocycles. The summed E-state index contributed by atoms with van der Waals surface area (Å²) in [5.41, 5.74) is 0.669. The molecule has 0 radical (unpaired) electrons. The summed E-state index contributed by atoms with van der Waals surface area (Å²) in [6, 6.07) is 6.22. The van der Waals surface area contributed by atoms with Crippen molar-refractivity contribution in [1.29, 1.82) is 0 Å². The van der Waals surface area contributed by atoms with Crippen molar-refractivity contribution < 1.29 is 10.2 Å². The summed E-state index contributed by atoms with van der Waals surface area (Å²) < 4.78 is 0. The molecule has 0 saturated heterocycles. The van der Waals surface area contributed by atoms with Gasteiger partial charge >= 0.3 is 0 Å². The molecule has 0 heterocycles. The fourth-order valence-electron chi connectivity index (χ4n) is 0.644. The maximum absolute atomic E-state index is 10.5. The molecule has 1 N–H and O–H groups in total. The molecule has 9 heavy (non-hydrogen) atoms. The molecule has 2 nitrogen and oxygen atoms in total. The van der Waals surface area contributed by atoms with Gasteiger partial charge in [0.25, 0.3) is 0 Å². The van der Waals surface area contributed by atoms with Gasteiger partial charge in [0.1, 0.15) is 0 Å². The molecule has 48 valence electrons. The number of hydrogen-bond acceptors (Lipinski definition) is 2. The lowest BCUT2D eigenvalue weighted by Crippen LogP contribution is -1.90. The second-order valence-corrected chi connectivity index (χ2v) is 1.81. The van der Waals surface area contributed by atoms with Crippen LogP contribution in [0.5, 0.6) is 5.75 Å². The maximum atomic E-state index is 10.5. The van der Waals surface area contributed by atoms with Crippen molar-refractivity contribution in [3.8, 4) is 5.75 Å². The third-order valence-electron chi connectivity index (χ3n) is 1.08. The second kappa shape index (κ2) is 2.51. The fraction of sp³-hybridized carbons (Fsp3) is 0.143. The first-order chi connectivity index (χ1) is 4.33. The fourth-order valence-corrected chi connectivity index (χ4v) is 0.644. The highest BCUT2D eigenvalue weighted by Crippen LogP contribution is 2.06. The Morgan fingerprint density at radius 3 is 2.67 bits per heavy atom.